The summed E-state index contributed by atoms with van der Waals surface area (Å²) in [5, 5.41) is 3.17. The van der Waals surface area contributed by atoms with Gasteiger partial charge in [-0.15, -0.1) is 0 Å². The van der Waals surface area contributed by atoms with Gasteiger partial charge < -0.3 is 14.8 Å². The van der Waals surface area contributed by atoms with Gasteiger partial charge in [0.15, 0.2) is 16.7 Å². The summed E-state index contributed by atoms with van der Waals surface area (Å²) in [6, 6.07) is 9.51. The van der Waals surface area contributed by atoms with Crippen molar-refractivity contribution in [3.63, 3.8) is 0 Å². The summed E-state index contributed by atoms with van der Waals surface area (Å²) in [4.78, 5) is 17.0. The van der Waals surface area contributed by atoms with Gasteiger partial charge in [-0.2, -0.15) is 0 Å². The molecule has 2 aliphatic rings. The van der Waals surface area contributed by atoms with E-state index in [-0.39, 0.29) is 18.5 Å². The zero-order chi connectivity index (χ0) is 17.4. The Labute approximate surface area is 147 Å². The maximum absolute atomic E-state index is 12.9. The Kier molecular flexibility index (Phi) is 3.93. The number of amidine groups is 1. The average molecular weight is 356 g/mol. The van der Waals surface area contributed by atoms with E-state index in [1.54, 1.807) is 18.2 Å². The summed E-state index contributed by atoms with van der Waals surface area (Å²) in [6.07, 6.45) is 1.80. The molecule has 0 radical (unpaired) electrons. The molecule has 0 bridgehead atoms. The number of halogens is 1. The molecule has 1 N–H and O–H groups in total. The Balaban J connectivity index is 1.60. The van der Waals surface area contributed by atoms with Gasteiger partial charge in [0.05, 0.1) is 10.6 Å². The summed E-state index contributed by atoms with van der Waals surface area (Å²) in [6.45, 7) is 2.15. The maximum Gasteiger partial charge on any atom is 0.264 e. The average Bonchev–Trinajstić information content (AvgIpc) is 3.16. The predicted molar refractivity (Wildman–Crippen MR) is 94.5 cm³/mol. The maximum atomic E-state index is 12.9. The van der Waals surface area contributed by atoms with Crippen LogP contribution in [-0.2, 0) is 4.79 Å². The summed E-state index contributed by atoms with van der Waals surface area (Å²) in [7, 11) is 0. The highest BCUT2D eigenvalue weighted by molar-refractivity contribution is 8.18. The fourth-order valence-electron chi connectivity index (χ4n) is 2.47. The van der Waals surface area contributed by atoms with Crippen molar-refractivity contribution >= 4 is 34.6 Å². The van der Waals surface area contributed by atoms with Crippen LogP contribution >= 0.6 is 11.8 Å². The highest BCUT2D eigenvalue weighted by atomic mass is 32.2. The highest BCUT2D eigenvalue weighted by Crippen LogP contribution is 2.36. The molecule has 1 amide bonds. The molecular weight excluding hydrogens is 343 g/mol. The molecule has 0 atom stereocenters. The van der Waals surface area contributed by atoms with Crippen molar-refractivity contribution in [2.75, 3.05) is 6.79 Å². The lowest BCUT2D eigenvalue weighted by atomic mass is 10.1. The SMILES string of the molecule is Cc1cc2c(cc1/C=C1/SC(=Nc3ccc(F)cc3)NC1=O)OCO2. The molecule has 0 aliphatic carbocycles. The predicted octanol–water partition coefficient (Wildman–Crippen LogP) is 3.75. The normalized spacial score (nSPS) is 18.9. The molecule has 0 aromatic heterocycles. The minimum Gasteiger partial charge on any atom is -0.454 e. The molecule has 0 unspecified atom stereocenters. The lowest BCUT2D eigenvalue weighted by Gasteiger charge is -2.03. The number of benzene rings is 2. The molecule has 1 fully saturated rings. The van der Waals surface area contributed by atoms with Gasteiger partial charge in [0.2, 0.25) is 6.79 Å². The third kappa shape index (κ3) is 3.23. The van der Waals surface area contributed by atoms with Gasteiger partial charge in [-0.25, -0.2) is 9.38 Å². The van der Waals surface area contributed by atoms with Crippen LogP contribution in [0.1, 0.15) is 11.1 Å². The van der Waals surface area contributed by atoms with Crippen molar-refractivity contribution in [2.24, 2.45) is 4.99 Å². The first-order valence-electron chi connectivity index (χ1n) is 7.54. The molecule has 2 aliphatic heterocycles. The quantitative estimate of drug-likeness (QED) is 0.833. The third-order valence-corrected chi connectivity index (χ3v) is 4.67. The van der Waals surface area contributed by atoms with Crippen LogP contribution in [0.5, 0.6) is 11.5 Å². The number of nitrogens with zero attached hydrogens (tertiary/aromatic N) is 1. The number of rotatable bonds is 2. The highest BCUT2D eigenvalue weighted by Gasteiger charge is 2.24. The molecule has 0 spiro atoms. The van der Waals surface area contributed by atoms with Crippen molar-refractivity contribution in [3.8, 4) is 11.5 Å². The molecule has 5 nitrogen and oxygen atoms in total. The molecule has 25 heavy (non-hydrogen) atoms. The van der Waals surface area contributed by atoms with Crippen LogP contribution in [0.15, 0.2) is 46.3 Å². The first-order valence-corrected chi connectivity index (χ1v) is 8.35. The van der Waals surface area contributed by atoms with E-state index in [0.717, 1.165) is 11.1 Å². The van der Waals surface area contributed by atoms with Crippen LogP contribution in [0.3, 0.4) is 0 Å². The van der Waals surface area contributed by atoms with E-state index in [9.17, 15) is 9.18 Å². The number of carbonyl (C=O) groups is 1. The fraction of sp³-hybridized carbons (Fsp3) is 0.111. The summed E-state index contributed by atoms with van der Waals surface area (Å²) in [5.74, 6) is 0.830. The van der Waals surface area contributed by atoms with E-state index in [0.29, 0.717) is 27.3 Å². The Bertz CT molecular complexity index is 923. The van der Waals surface area contributed by atoms with Gasteiger partial charge in [-0.1, -0.05) is 0 Å². The van der Waals surface area contributed by atoms with Crippen LogP contribution in [0, 0.1) is 12.7 Å². The minimum absolute atomic E-state index is 0.207. The van der Waals surface area contributed by atoms with E-state index < -0.39 is 0 Å². The van der Waals surface area contributed by atoms with Crippen LogP contribution in [0.4, 0.5) is 10.1 Å². The van der Waals surface area contributed by atoms with Gasteiger partial charge in [0.25, 0.3) is 5.91 Å². The number of nitrogens with one attached hydrogen (secondary N) is 1. The van der Waals surface area contributed by atoms with Gasteiger partial charge in [0, 0.05) is 0 Å². The number of fused-ring (bicyclic) bond motifs is 1. The number of aliphatic imine (C=N–C) groups is 1. The topological polar surface area (TPSA) is 59.9 Å². The second kappa shape index (κ2) is 6.25. The molecular formula is C18H13FN2O3S. The number of ether oxygens (including phenoxy) is 2. The second-order valence-electron chi connectivity index (χ2n) is 5.52. The van der Waals surface area contributed by atoms with Crippen LogP contribution in [0.25, 0.3) is 6.08 Å². The molecule has 2 heterocycles. The van der Waals surface area contributed by atoms with Gasteiger partial charge in [-0.3, -0.25) is 4.79 Å². The Morgan fingerprint density at radius 3 is 2.68 bits per heavy atom. The minimum atomic E-state index is -0.328. The van der Waals surface area contributed by atoms with Gasteiger partial charge in [0.1, 0.15) is 5.82 Å². The van der Waals surface area contributed by atoms with Crippen LogP contribution in [0.2, 0.25) is 0 Å². The standard InChI is InChI=1S/C18H13FN2O3S/c1-10-6-14-15(24-9-23-14)7-11(10)8-16-17(22)21-18(25-16)20-13-4-2-12(19)3-5-13/h2-8H,9H2,1H3,(H,20,21,22)/b16-8+. The summed E-state index contributed by atoms with van der Waals surface area (Å²) >= 11 is 1.24. The molecule has 2 aromatic rings. The van der Waals surface area contributed by atoms with Crippen molar-refractivity contribution < 1.29 is 18.7 Å². The fourth-order valence-corrected chi connectivity index (χ4v) is 3.30. The lowest BCUT2D eigenvalue weighted by Crippen LogP contribution is -2.19. The number of hydrogen-bond acceptors (Lipinski definition) is 5. The Morgan fingerprint density at radius 1 is 1.20 bits per heavy atom. The molecule has 4 rings (SSSR count). The van der Waals surface area contributed by atoms with E-state index in [4.69, 9.17) is 9.47 Å². The van der Waals surface area contributed by atoms with Crippen LogP contribution in [-0.4, -0.2) is 17.9 Å². The van der Waals surface area contributed by atoms with Crippen LogP contribution < -0.4 is 14.8 Å². The van der Waals surface area contributed by atoms with E-state index in [1.165, 1.54) is 23.9 Å². The molecule has 0 saturated carbocycles. The number of aryl methyl sites for hydroxylation is 1. The molecule has 7 heteroatoms. The molecule has 2 aromatic carbocycles. The smallest absolute Gasteiger partial charge is 0.264 e. The van der Waals surface area contributed by atoms with Crippen molar-refractivity contribution in [3.05, 3.63) is 58.2 Å². The molecule has 126 valence electrons. The zero-order valence-electron chi connectivity index (χ0n) is 13.2. The van der Waals surface area contributed by atoms with Gasteiger partial charge >= 0.3 is 0 Å². The summed E-state index contributed by atoms with van der Waals surface area (Å²) < 4.78 is 23.7. The van der Waals surface area contributed by atoms with E-state index >= 15 is 0 Å². The number of amides is 1. The molecule has 1 saturated heterocycles. The van der Waals surface area contributed by atoms with E-state index in [1.807, 2.05) is 19.1 Å². The van der Waals surface area contributed by atoms with Crippen molar-refractivity contribution in [2.45, 2.75) is 6.92 Å². The number of thioether (sulfide) groups is 1. The number of hydrogen-bond donors (Lipinski definition) is 1. The zero-order valence-corrected chi connectivity index (χ0v) is 14.0. The Morgan fingerprint density at radius 2 is 1.92 bits per heavy atom. The summed E-state index contributed by atoms with van der Waals surface area (Å²) in [5.41, 5.74) is 2.43. The first-order chi connectivity index (χ1) is 12.1. The second-order valence-corrected chi connectivity index (χ2v) is 6.55. The monoisotopic (exact) mass is 356 g/mol. The first kappa shape index (κ1) is 15.7. The largest absolute Gasteiger partial charge is 0.454 e. The van der Waals surface area contributed by atoms with Crippen molar-refractivity contribution in [1.82, 2.24) is 5.32 Å². The van der Waals surface area contributed by atoms with E-state index in [2.05, 4.69) is 10.3 Å². The lowest BCUT2D eigenvalue weighted by molar-refractivity contribution is -0.115. The van der Waals surface area contributed by atoms with Crippen molar-refractivity contribution in [1.29, 1.82) is 0 Å². The van der Waals surface area contributed by atoms with Gasteiger partial charge in [-0.05, 0) is 72.3 Å². The number of carbonyl (C=O) groups excluding carboxylic acids is 1. The third-order valence-electron chi connectivity index (χ3n) is 3.76. The Hall–Kier alpha value is -2.80.